The number of methoxy groups -OCH3 is 1. The van der Waals surface area contributed by atoms with Gasteiger partial charge in [0.2, 0.25) is 5.13 Å². The Balaban J connectivity index is 1.70. The first-order valence-electron chi connectivity index (χ1n) is 8.39. The molecule has 0 fully saturated rings. The van der Waals surface area contributed by atoms with Crippen LogP contribution < -0.4 is 10.1 Å². The summed E-state index contributed by atoms with van der Waals surface area (Å²) in [4.78, 5) is 0. The van der Waals surface area contributed by atoms with Gasteiger partial charge in [0, 0.05) is 11.1 Å². The van der Waals surface area contributed by atoms with E-state index in [4.69, 9.17) is 4.74 Å². The molecular formula is C19H25N3OS. The van der Waals surface area contributed by atoms with Crippen molar-refractivity contribution >= 4 is 16.5 Å². The van der Waals surface area contributed by atoms with E-state index >= 15 is 0 Å². The van der Waals surface area contributed by atoms with Crippen molar-refractivity contribution in [3.8, 4) is 16.3 Å². The van der Waals surface area contributed by atoms with Crippen LogP contribution in [-0.2, 0) is 0 Å². The third kappa shape index (κ3) is 3.78. The Morgan fingerprint density at radius 2 is 1.96 bits per heavy atom. The zero-order valence-electron chi connectivity index (χ0n) is 14.8. The Morgan fingerprint density at radius 3 is 2.58 bits per heavy atom. The number of aromatic nitrogens is 2. The largest absolute Gasteiger partial charge is 0.497 e. The van der Waals surface area contributed by atoms with E-state index in [9.17, 15) is 0 Å². The third-order valence-corrected chi connectivity index (χ3v) is 5.74. The summed E-state index contributed by atoms with van der Waals surface area (Å²) in [7, 11) is 1.67. The Kier molecular flexibility index (Phi) is 4.90. The van der Waals surface area contributed by atoms with Crippen LogP contribution in [0.2, 0.25) is 0 Å². The lowest BCUT2D eigenvalue weighted by Crippen LogP contribution is -2.40. The van der Waals surface area contributed by atoms with Crippen molar-refractivity contribution in [1.29, 1.82) is 0 Å². The van der Waals surface area contributed by atoms with Crippen molar-refractivity contribution in [1.82, 2.24) is 10.2 Å². The predicted molar refractivity (Wildman–Crippen MR) is 101 cm³/mol. The van der Waals surface area contributed by atoms with Gasteiger partial charge in [-0.25, -0.2) is 0 Å². The molecule has 5 heteroatoms. The molecule has 1 aromatic heterocycles. The van der Waals surface area contributed by atoms with Gasteiger partial charge in [-0.1, -0.05) is 23.0 Å². The second-order valence-corrected chi connectivity index (χ2v) is 7.99. The van der Waals surface area contributed by atoms with Gasteiger partial charge in [-0.15, -0.1) is 10.2 Å². The molecule has 0 bridgehead atoms. The highest BCUT2D eigenvalue weighted by atomic mass is 32.1. The number of rotatable bonds is 5. The maximum Gasteiger partial charge on any atom is 0.206 e. The number of hydrogen-bond donors (Lipinski definition) is 1. The molecule has 0 radical (unpaired) electrons. The van der Waals surface area contributed by atoms with Gasteiger partial charge in [-0.05, 0) is 70.2 Å². The molecule has 1 heterocycles. The second-order valence-electron chi connectivity index (χ2n) is 7.01. The average Bonchev–Trinajstić information content (AvgIpc) is 3.03. The molecule has 1 aliphatic rings. The maximum atomic E-state index is 5.20. The van der Waals surface area contributed by atoms with Crippen LogP contribution in [0.3, 0.4) is 0 Å². The summed E-state index contributed by atoms with van der Waals surface area (Å²) >= 11 is 1.60. The van der Waals surface area contributed by atoms with Crippen molar-refractivity contribution in [2.24, 2.45) is 5.92 Å². The molecule has 0 aliphatic heterocycles. The zero-order chi connectivity index (χ0) is 17.2. The lowest BCUT2D eigenvalue weighted by atomic mass is 9.78. The summed E-state index contributed by atoms with van der Waals surface area (Å²) in [5.41, 5.74) is 2.59. The number of hydrogen-bond acceptors (Lipinski definition) is 5. The van der Waals surface area contributed by atoms with E-state index in [1.807, 2.05) is 24.3 Å². The molecule has 2 aromatic rings. The first-order valence-corrected chi connectivity index (χ1v) is 9.21. The van der Waals surface area contributed by atoms with Gasteiger partial charge in [0.25, 0.3) is 0 Å². The fraction of sp³-hybridized carbons (Fsp3) is 0.474. The SMILES string of the molecule is COc1ccc(-c2nnc(NC(C)(C)[C@H]3CC=C(C)CC3)s2)cc1. The number of nitrogens with zero attached hydrogens (tertiary/aromatic N) is 2. The predicted octanol–water partition coefficient (Wildman–Crippen LogP) is 5.15. The second kappa shape index (κ2) is 6.93. The van der Waals surface area contributed by atoms with Crippen molar-refractivity contribution in [3.05, 3.63) is 35.9 Å². The Labute approximate surface area is 148 Å². The maximum absolute atomic E-state index is 5.20. The number of allylic oxidation sites excluding steroid dienone is 2. The molecule has 1 aliphatic carbocycles. The molecule has 24 heavy (non-hydrogen) atoms. The minimum Gasteiger partial charge on any atom is -0.497 e. The average molecular weight is 343 g/mol. The summed E-state index contributed by atoms with van der Waals surface area (Å²) in [5, 5.41) is 14.1. The first kappa shape index (κ1) is 17.0. The van der Waals surface area contributed by atoms with E-state index in [-0.39, 0.29) is 5.54 Å². The van der Waals surface area contributed by atoms with Crippen LogP contribution in [0.25, 0.3) is 10.6 Å². The van der Waals surface area contributed by atoms with E-state index in [1.54, 1.807) is 18.4 Å². The fourth-order valence-corrected chi connectivity index (χ4v) is 4.04. The lowest BCUT2D eigenvalue weighted by molar-refractivity contribution is 0.319. The third-order valence-electron chi connectivity index (χ3n) is 4.85. The highest BCUT2D eigenvalue weighted by molar-refractivity contribution is 7.18. The smallest absolute Gasteiger partial charge is 0.206 e. The van der Waals surface area contributed by atoms with Crippen LogP contribution in [0.15, 0.2) is 35.9 Å². The van der Waals surface area contributed by atoms with Crippen LogP contribution in [0.5, 0.6) is 5.75 Å². The van der Waals surface area contributed by atoms with Crippen LogP contribution >= 0.6 is 11.3 Å². The van der Waals surface area contributed by atoms with E-state index in [2.05, 4.69) is 42.4 Å². The summed E-state index contributed by atoms with van der Waals surface area (Å²) in [6.45, 7) is 6.75. The summed E-state index contributed by atoms with van der Waals surface area (Å²) < 4.78 is 5.20. The van der Waals surface area contributed by atoms with Crippen LogP contribution in [0, 0.1) is 5.92 Å². The highest BCUT2D eigenvalue weighted by Gasteiger charge is 2.31. The molecule has 0 spiro atoms. The highest BCUT2D eigenvalue weighted by Crippen LogP contribution is 2.36. The fourth-order valence-electron chi connectivity index (χ4n) is 3.12. The van der Waals surface area contributed by atoms with E-state index in [0.29, 0.717) is 5.92 Å². The van der Waals surface area contributed by atoms with Gasteiger partial charge in [0.05, 0.1) is 7.11 Å². The van der Waals surface area contributed by atoms with Gasteiger partial charge in [0.1, 0.15) is 10.8 Å². The van der Waals surface area contributed by atoms with E-state index < -0.39 is 0 Å². The molecule has 0 amide bonds. The topological polar surface area (TPSA) is 47.0 Å². The Morgan fingerprint density at radius 1 is 1.21 bits per heavy atom. The van der Waals surface area contributed by atoms with Crippen molar-refractivity contribution in [2.45, 2.75) is 45.6 Å². The molecular weight excluding hydrogens is 318 g/mol. The van der Waals surface area contributed by atoms with Gasteiger partial charge in [-0.3, -0.25) is 0 Å². The van der Waals surface area contributed by atoms with E-state index in [0.717, 1.165) is 27.9 Å². The van der Waals surface area contributed by atoms with E-state index in [1.165, 1.54) is 18.4 Å². The molecule has 4 nitrogen and oxygen atoms in total. The molecule has 1 atom stereocenters. The van der Waals surface area contributed by atoms with Crippen LogP contribution in [0.4, 0.5) is 5.13 Å². The van der Waals surface area contributed by atoms with Gasteiger partial charge in [-0.2, -0.15) is 0 Å². The molecule has 128 valence electrons. The minimum absolute atomic E-state index is 0.00785. The standard InChI is InChI=1S/C19H25N3OS/c1-13-5-9-15(10-6-13)19(2,3)20-18-22-21-17(24-18)14-7-11-16(23-4)12-8-14/h5,7-8,11-12,15H,6,9-10H2,1-4H3,(H,20,22)/t15-/m0/s1. The Bertz CT molecular complexity index is 718. The molecule has 1 aromatic carbocycles. The molecule has 0 saturated heterocycles. The molecule has 0 unspecified atom stereocenters. The quantitative estimate of drug-likeness (QED) is 0.763. The van der Waals surface area contributed by atoms with Crippen molar-refractivity contribution < 1.29 is 4.74 Å². The normalized spacial score (nSPS) is 18.2. The molecule has 3 rings (SSSR count). The summed E-state index contributed by atoms with van der Waals surface area (Å²) in [6.07, 6.45) is 5.94. The van der Waals surface area contributed by atoms with Crippen molar-refractivity contribution in [2.75, 3.05) is 12.4 Å². The van der Waals surface area contributed by atoms with Gasteiger partial charge in [0.15, 0.2) is 0 Å². The van der Waals surface area contributed by atoms with Crippen molar-refractivity contribution in [3.63, 3.8) is 0 Å². The number of nitrogens with one attached hydrogen (secondary N) is 1. The minimum atomic E-state index is 0.00785. The Hall–Kier alpha value is -1.88. The number of benzene rings is 1. The summed E-state index contributed by atoms with van der Waals surface area (Å²) in [5.74, 6) is 1.47. The van der Waals surface area contributed by atoms with Crippen LogP contribution in [-0.4, -0.2) is 22.8 Å². The monoisotopic (exact) mass is 343 g/mol. The molecule has 1 N–H and O–H groups in total. The zero-order valence-corrected chi connectivity index (χ0v) is 15.6. The summed E-state index contributed by atoms with van der Waals surface area (Å²) in [6, 6.07) is 7.93. The number of anilines is 1. The lowest BCUT2D eigenvalue weighted by Gasteiger charge is -2.36. The van der Waals surface area contributed by atoms with Gasteiger partial charge >= 0.3 is 0 Å². The first-order chi connectivity index (χ1) is 11.5. The van der Waals surface area contributed by atoms with Crippen LogP contribution in [0.1, 0.15) is 40.0 Å². The number of ether oxygens (including phenoxy) is 1. The molecule has 0 saturated carbocycles. The van der Waals surface area contributed by atoms with Gasteiger partial charge < -0.3 is 10.1 Å².